The Hall–Kier alpha value is -0.887. The number of carbonyl (C=O) groups is 1. The summed E-state index contributed by atoms with van der Waals surface area (Å²) in [4.78, 5) is 11.0. The smallest absolute Gasteiger partial charge is 0.339 e. The molecule has 1 aromatic rings. The van der Waals surface area contributed by atoms with Gasteiger partial charge in [-0.3, -0.25) is 0 Å². The van der Waals surface area contributed by atoms with E-state index in [9.17, 15) is 4.79 Å². The molecule has 0 aliphatic rings. The van der Waals surface area contributed by atoms with E-state index >= 15 is 0 Å². The van der Waals surface area contributed by atoms with Crippen LogP contribution in [0.3, 0.4) is 0 Å². The molecule has 0 aliphatic carbocycles. The van der Waals surface area contributed by atoms with Gasteiger partial charge in [-0.25, -0.2) is 4.79 Å². The van der Waals surface area contributed by atoms with Gasteiger partial charge in [0.25, 0.3) is 0 Å². The molecule has 1 N–H and O–H groups in total. The van der Waals surface area contributed by atoms with Crippen LogP contribution in [-0.4, -0.2) is 17.7 Å². The van der Waals surface area contributed by atoms with E-state index in [2.05, 4.69) is 6.92 Å². The van der Waals surface area contributed by atoms with Crippen LogP contribution in [0.15, 0.2) is 24.3 Å². The molecule has 23 heavy (non-hydrogen) atoms. The summed E-state index contributed by atoms with van der Waals surface area (Å²) in [5.41, 5.74) is 0.245. The topological polar surface area (TPSA) is 46.5 Å². The Kier molecular flexibility index (Phi) is 14.1. The number of aromatic carboxylic acids is 1. The minimum atomic E-state index is -0.932. The number of unbranched alkanes of at least 4 members (excludes halogenated alkanes) is 9. The maximum absolute atomic E-state index is 11.0. The molecule has 4 heteroatoms. The fourth-order valence-corrected chi connectivity index (χ4v) is 2.54. The first-order chi connectivity index (χ1) is 10.8. The molecule has 126 valence electrons. The van der Waals surface area contributed by atoms with Crippen LogP contribution >= 0.6 is 0 Å². The van der Waals surface area contributed by atoms with E-state index in [-0.39, 0.29) is 25.0 Å². The zero-order valence-electron chi connectivity index (χ0n) is 14.6. The molecule has 0 heterocycles. The zero-order valence-corrected chi connectivity index (χ0v) is 17.5. The molecule has 0 saturated carbocycles. The molecular weight excluding hydrogens is 342 g/mol. The third kappa shape index (κ3) is 10.5. The molecule has 0 bridgehead atoms. The second-order valence-corrected chi connectivity index (χ2v) is 5.83. The van der Waals surface area contributed by atoms with Crippen molar-refractivity contribution < 1.29 is 34.1 Å². The Morgan fingerprint density at radius 1 is 0.913 bits per heavy atom. The van der Waals surface area contributed by atoms with Crippen LogP contribution in [-0.2, 0) is 19.5 Å². The minimum Gasteiger partial charge on any atom is -0.493 e. The van der Waals surface area contributed by atoms with E-state index in [1.165, 1.54) is 51.4 Å². The van der Waals surface area contributed by atoms with Gasteiger partial charge in [0.1, 0.15) is 11.3 Å². The first kappa shape index (κ1) is 22.1. The Bertz CT molecular complexity index is 421. The molecule has 0 saturated heterocycles. The average molecular weight is 372 g/mol. The quantitative estimate of drug-likeness (QED) is 0.358. The van der Waals surface area contributed by atoms with Crippen molar-refractivity contribution in [1.29, 1.82) is 0 Å². The van der Waals surface area contributed by atoms with Crippen LogP contribution in [0, 0.1) is 0 Å². The van der Waals surface area contributed by atoms with E-state index < -0.39 is 5.97 Å². The molecule has 0 amide bonds. The van der Waals surface area contributed by atoms with Gasteiger partial charge in [0.05, 0.1) is 6.61 Å². The van der Waals surface area contributed by atoms with Gasteiger partial charge in [0, 0.05) is 19.5 Å². The number of carboxylic acid groups (broad SMARTS) is 1. The summed E-state index contributed by atoms with van der Waals surface area (Å²) < 4.78 is 5.59. The molecule has 1 aromatic carbocycles. The van der Waals surface area contributed by atoms with Gasteiger partial charge in [-0.2, -0.15) is 0 Å². The van der Waals surface area contributed by atoms with E-state index in [4.69, 9.17) is 9.84 Å². The summed E-state index contributed by atoms with van der Waals surface area (Å²) in [7, 11) is 0. The largest absolute Gasteiger partial charge is 0.493 e. The van der Waals surface area contributed by atoms with Crippen molar-refractivity contribution >= 4 is 5.97 Å². The van der Waals surface area contributed by atoms with Crippen molar-refractivity contribution in [2.75, 3.05) is 6.61 Å². The molecule has 0 radical (unpaired) electrons. The molecule has 0 aliphatic heterocycles. The van der Waals surface area contributed by atoms with Gasteiger partial charge in [-0.1, -0.05) is 76.8 Å². The number of hydrogen-bond acceptors (Lipinski definition) is 2. The van der Waals surface area contributed by atoms with Gasteiger partial charge >= 0.3 is 5.97 Å². The normalized spacial score (nSPS) is 10.1. The number of para-hydroxylation sites is 1. The third-order valence-electron chi connectivity index (χ3n) is 3.87. The van der Waals surface area contributed by atoms with Gasteiger partial charge in [0.15, 0.2) is 0 Å². The van der Waals surface area contributed by atoms with Crippen LogP contribution in [0.2, 0.25) is 0 Å². The first-order valence-electron chi connectivity index (χ1n) is 8.70. The molecule has 0 fully saturated rings. The van der Waals surface area contributed by atoms with Crippen molar-refractivity contribution in [3.63, 3.8) is 0 Å². The Morgan fingerprint density at radius 2 is 1.43 bits per heavy atom. The van der Waals surface area contributed by atoms with Gasteiger partial charge in [0.2, 0.25) is 0 Å². The van der Waals surface area contributed by atoms with Crippen molar-refractivity contribution in [1.82, 2.24) is 0 Å². The molecular formula is C19H30O3Zn. The van der Waals surface area contributed by atoms with Crippen LogP contribution in [0.25, 0.3) is 0 Å². The summed E-state index contributed by atoms with van der Waals surface area (Å²) in [5, 5.41) is 9.06. The van der Waals surface area contributed by atoms with Crippen molar-refractivity contribution in [3.05, 3.63) is 29.8 Å². The zero-order chi connectivity index (χ0) is 16.0. The average Bonchev–Trinajstić information content (AvgIpc) is 2.53. The second-order valence-electron chi connectivity index (χ2n) is 5.83. The molecule has 1 rings (SSSR count). The molecule has 0 spiro atoms. The van der Waals surface area contributed by atoms with Gasteiger partial charge < -0.3 is 9.84 Å². The van der Waals surface area contributed by atoms with Crippen molar-refractivity contribution in [2.45, 2.75) is 71.1 Å². The number of benzene rings is 1. The van der Waals surface area contributed by atoms with E-state index in [0.29, 0.717) is 12.4 Å². The van der Waals surface area contributed by atoms with E-state index in [1.807, 2.05) is 0 Å². The maximum Gasteiger partial charge on any atom is 0.339 e. The van der Waals surface area contributed by atoms with E-state index in [0.717, 1.165) is 12.8 Å². The predicted octanol–water partition coefficient (Wildman–Crippen LogP) is 5.68. The predicted molar refractivity (Wildman–Crippen MR) is 90.7 cm³/mol. The second kappa shape index (κ2) is 14.7. The minimum absolute atomic E-state index is 0. The standard InChI is InChI=1S/C19H30O3.Zn/c1-2-3-4-5-6-7-8-9-10-13-16-22-18-15-12-11-14-17(18)19(20)21;/h11-12,14-15H,2-10,13,16H2,1H3,(H,20,21);. The summed E-state index contributed by atoms with van der Waals surface area (Å²) in [6.45, 7) is 2.84. The summed E-state index contributed by atoms with van der Waals surface area (Å²) in [5.74, 6) is -0.454. The summed E-state index contributed by atoms with van der Waals surface area (Å²) >= 11 is 0. The Balaban J connectivity index is 0.00000484. The molecule has 3 nitrogen and oxygen atoms in total. The van der Waals surface area contributed by atoms with Crippen LogP contribution in [0.1, 0.15) is 81.5 Å². The van der Waals surface area contributed by atoms with Crippen molar-refractivity contribution in [3.8, 4) is 5.75 Å². The first-order valence-corrected chi connectivity index (χ1v) is 8.70. The van der Waals surface area contributed by atoms with Crippen molar-refractivity contribution in [2.24, 2.45) is 0 Å². The Morgan fingerprint density at radius 3 is 2.00 bits per heavy atom. The monoisotopic (exact) mass is 370 g/mol. The molecule has 0 unspecified atom stereocenters. The van der Waals surface area contributed by atoms with Crippen LogP contribution in [0.4, 0.5) is 0 Å². The van der Waals surface area contributed by atoms with Crippen LogP contribution in [0.5, 0.6) is 5.75 Å². The molecule has 0 atom stereocenters. The van der Waals surface area contributed by atoms with Gasteiger partial charge in [-0.05, 0) is 18.6 Å². The SMILES string of the molecule is CCCCCCCCCCCCOc1ccccc1C(=O)O.[Zn]. The molecule has 0 aromatic heterocycles. The Labute approximate surface area is 153 Å². The van der Waals surface area contributed by atoms with E-state index in [1.54, 1.807) is 24.3 Å². The fraction of sp³-hybridized carbons (Fsp3) is 0.632. The summed E-state index contributed by atoms with van der Waals surface area (Å²) in [6.07, 6.45) is 12.8. The maximum atomic E-state index is 11.0. The third-order valence-corrected chi connectivity index (χ3v) is 3.87. The number of ether oxygens (including phenoxy) is 1. The fourth-order valence-electron chi connectivity index (χ4n) is 2.54. The summed E-state index contributed by atoms with van der Waals surface area (Å²) in [6, 6.07) is 6.83. The van der Waals surface area contributed by atoms with Crippen LogP contribution < -0.4 is 4.74 Å². The number of hydrogen-bond donors (Lipinski definition) is 1. The number of carboxylic acids is 1. The van der Waals surface area contributed by atoms with Gasteiger partial charge in [-0.15, -0.1) is 0 Å². The number of rotatable bonds is 13.